The van der Waals surface area contributed by atoms with Gasteiger partial charge in [-0.25, -0.2) is 4.98 Å². The number of rotatable bonds is 2. The fraction of sp³-hybridized carbons (Fsp3) is 0. The molecule has 0 aliphatic heterocycles. The molecular weight excluding hydrogens is 292 g/mol. The number of fused-ring (bicyclic) bond motifs is 1. The van der Waals surface area contributed by atoms with Gasteiger partial charge in [-0.05, 0) is 35.9 Å². The van der Waals surface area contributed by atoms with Crippen molar-refractivity contribution in [3.63, 3.8) is 0 Å². The summed E-state index contributed by atoms with van der Waals surface area (Å²) >= 11 is 0. The molecule has 0 saturated heterocycles. The third-order valence-electron chi connectivity index (χ3n) is 3.50. The summed E-state index contributed by atoms with van der Waals surface area (Å²) in [6.07, 6.45) is 4.87. The van der Waals surface area contributed by atoms with E-state index in [1.807, 2.05) is 12.1 Å². The Bertz CT molecular complexity index is 1030. The number of aromatic nitrogens is 4. The first kappa shape index (κ1) is 13.0. The average molecular weight is 302 g/mol. The van der Waals surface area contributed by atoms with Gasteiger partial charge in [-0.2, -0.15) is 9.78 Å². The first-order chi connectivity index (χ1) is 11.3. The van der Waals surface area contributed by atoms with E-state index >= 15 is 0 Å². The second-order valence-electron chi connectivity index (χ2n) is 4.85. The molecule has 0 atom stereocenters. The zero-order valence-electron chi connectivity index (χ0n) is 11.8. The fourth-order valence-corrected chi connectivity index (χ4v) is 2.43. The third-order valence-corrected chi connectivity index (χ3v) is 3.50. The lowest BCUT2D eigenvalue weighted by molar-refractivity contribution is 0.577. The fourth-order valence-electron chi connectivity index (χ4n) is 2.43. The van der Waals surface area contributed by atoms with Crippen LogP contribution >= 0.6 is 0 Å². The summed E-state index contributed by atoms with van der Waals surface area (Å²) in [5.74, 6) is 1.19. The topological polar surface area (TPSA) is 106 Å². The van der Waals surface area contributed by atoms with Gasteiger partial charge in [-0.3, -0.25) is 4.98 Å². The maximum Gasteiger partial charge on any atom is 0.217 e. The molecule has 7 heteroatoms. The monoisotopic (exact) mass is 302 g/mol. The van der Waals surface area contributed by atoms with Crippen LogP contribution in [0, 0.1) is 11.3 Å². The maximum absolute atomic E-state index is 9.49. The van der Waals surface area contributed by atoms with Crippen molar-refractivity contribution in [1.82, 2.24) is 19.6 Å². The van der Waals surface area contributed by atoms with Crippen molar-refractivity contribution in [1.29, 1.82) is 5.26 Å². The Balaban J connectivity index is 2.00. The van der Waals surface area contributed by atoms with E-state index in [4.69, 9.17) is 10.2 Å². The highest BCUT2D eigenvalue weighted by Crippen LogP contribution is 2.29. The lowest BCUT2D eigenvalue weighted by atomic mass is 10.0. The summed E-state index contributed by atoms with van der Waals surface area (Å²) in [7, 11) is 0. The Morgan fingerprint density at radius 1 is 1.22 bits per heavy atom. The molecule has 0 saturated carbocycles. The number of nitriles is 1. The molecule has 0 unspecified atom stereocenters. The zero-order valence-corrected chi connectivity index (χ0v) is 11.8. The molecule has 0 spiro atoms. The molecule has 4 heterocycles. The summed E-state index contributed by atoms with van der Waals surface area (Å²) in [5.41, 5.74) is 8.55. The number of hydrogen-bond donors (Lipinski definition) is 1. The van der Waals surface area contributed by atoms with Gasteiger partial charge >= 0.3 is 0 Å². The molecule has 23 heavy (non-hydrogen) atoms. The molecule has 0 aliphatic rings. The van der Waals surface area contributed by atoms with Crippen molar-refractivity contribution in [3.8, 4) is 28.8 Å². The van der Waals surface area contributed by atoms with Crippen LogP contribution in [0.5, 0.6) is 0 Å². The molecule has 0 amide bonds. The molecular formula is C16H10N6O. The summed E-state index contributed by atoms with van der Waals surface area (Å²) in [5, 5.41) is 13.8. The van der Waals surface area contributed by atoms with Gasteiger partial charge in [-0.15, -0.1) is 5.10 Å². The highest BCUT2D eigenvalue weighted by molar-refractivity contribution is 5.79. The summed E-state index contributed by atoms with van der Waals surface area (Å²) in [6, 6.07) is 11.1. The summed E-state index contributed by atoms with van der Waals surface area (Å²) in [6.45, 7) is 0. The SMILES string of the molecule is N#Cc1c(-c2ccncc2)cc2nc(-c3ccco3)nn2c1N. The molecule has 0 bridgehead atoms. The average Bonchev–Trinajstić information content (AvgIpc) is 3.25. The van der Waals surface area contributed by atoms with Crippen LogP contribution in [0.1, 0.15) is 5.56 Å². The quantitative estimate of drug-likeness (QED) is 0.609. The Morgan fingerprint density at radius 2 is 2.04 bits per heavy atom. The number of anilines is 1. The number of nitrogen functional groups attached to an aromatic ring is 1. The van der Waals surface area contributed by atoms with Gasteiger partial charge in [-0.1, -0.05) is 0 Å². The van der Waals surface area contributed by atoms with E-state index in [0.717, 1.165) is 5.56 Å². The van der Waals surface area contributed by atoms with Crippen LogP contribution in [0.25, 0.3) is 28.4 Å². The van der Waals surface area contributed by atoms with Crippen LogP contribution in [0.4, 0.5) is 5.82 Å². The minimum Gasteiger partial charge on any atom is -0.461 e. The van der Waals surface area contributed by atoms with Gasteiger partial charge in [0, 0.05) is 18.0 Å². The lowest BCUT2D eigenvalue weighted by Crippen LogP contribution is -2.03. The predicted molar refractivity (Wildman–Crippen MR) is 83.0 cm³/mol. The Morgan fingerprint density at radius 3 is 2.74 bits per heavy atom. The van der Waals surface area contributed by atoms with E-state index in [2.05, 4.69) is 21.1 Å². The zero-order chi connectivity index (χ0) is 15.8. The predicted octanol–water partition coefficient (Wildman–Crippen LogP) is 2.51. The number of nitrogens with two attached hydrogens (primary N) is 1. The largest absolute Gasteiger partial charge is 0.461 e. The molecule has 7 nitrogen and oxygen atoms in total. The van der Waals surface area contributed by atoms with Crippen molar-refractivity contribution in [3.05, 3.63) is 54.6 Å². The van der Waals surface area contributed by atoms with Gasteiger partial charge in [0.05, 0.1) is 6.26 Å². The van der Waals surface area contributed by atoms with E-state index in [1.54, 1.807) is 36.9 Å². The Labute approximate surface area is 130 Å². The summed E-state index contributed by atoms with van der Waals surface area (Å²) < 4.78 is 6.75. The van der Waals surface area contributed by atoms with Crippen LogP contribution < -0.4 is 5.73 Å². The van der Waals surface area contributed by atoms with Crippen LogP contribution in [0.15, 0.2) is 53.4 Å². The molecule has 4 aromatic rings. The maximum atomic E-state index is 9.49. The normalized spacial score (nSPS) is 10.7. The van der Waals surface area contributed by atoms with E-state index in [-0.39, 0.29) is 5.82 Å². The van der Waals surface area contributed by atoms with Crippen molar-refractivity contribution in [2.24, 2.45) is 0 Å². The minimum atomic E-state index is 0.238. The van der Waals surface area contributed by atoms with Gasteiger partial charge in [0.15, 0.2) is 11.4 Å². The van der Waals surface area contributed by atoms with Gasteiger partial charge in [0.1, 0.15) is 17.5 Å². The minimum absolute atomic E-state index is 0.238. The molecule has 4 aromatic heterocycles. The van der Waals surface area contributed by atoms with E-state index in [9.17, 15) is 5.26 Å². The lowest BCUT2D eigenvalue weighted by Gasteiger charge is -2.07. The number of nitrogens with zero attached hydrogens (tertiary/aromatic N) is 5. The van der Waals surface area contributed by atoms with E-state index in [0.29, 0.717) is 28.4 Å². The van der Waals surface area contributed by atoms with Crippen molar-refractivity contribution < 1.29 is 4.42 Å². The molecule has 0 aliphatic carbocycles. The van der Waals surface area contributed by atoms with Crippen molar-refractivity contribution in [2.45, 2.75) is 0 Å². The Hall–Kier alpha value is -3.66. The van der Waals surface area contributed by atoms with Crippen LogP contribution in [-0.4, -0.2) is 19.6 Å². The molecule has 0 radical (unpaired) electrons. The second kappa shape index (κ2) is 4.96. The van der Waals surface area contributed by atoms with E-state index in [1.165, 1.54) is 4.52 Å². The molecule has 0 fully saturated rings. The van der Waals surface area contributed by atoms with E-state index < -0.39 is 0 Å². The highest BCUT2D eigenvalue weighted by Gasteiger charge is 2.17. The first-order valence-electron chi connectivity index (χ1n) is 6.81. The standard InChI is InChI=1S/C16H10N6O/c17-9-12-11(10-3-5-19-6-4-10)8-14-20-16(13-2-1-7-23-13)21-22(14)15(12)18/h1-8H,18H2. The van der Waals surface area contributed by atoms with Crippen LogP contribution in [0.2, 0.25) is 0 Å². The molecule has 0 aromatic carbocycles. The van der Waals surface area contributed by atoms with Crippen molar-refractivity contribution in [2.75, 3.05) is 5.73 Å². The Kier molecular flexibility index (Phi) is 2.81. The number of hydrogen-bond acceptors (Lipinski definition) is 6. The molecule has 110 valence electrons. The number of furan rings is 1. The van der Waals surface area contributed by atoms with Crippen molar-refractivity contribution >= 4 is 11.5 Å². The third kappa shape index (κ3) is 2.01. The first-order valence-corrected chi connectivity index (χ1v) is 6.81. The smallest absolute Gasteiger partial charge is 0.217 e. The number of pyridine rings is 2. The highest BCUT2D eigenvalue weighted by atomic mass is 16.3. The van der Waals surface area contributed by atoms with Crippen LogP contribution in [0.3, 0.4) is 0 Å². The second-order valence-corrected chi connectivity index (χ2v) is 4.85. The molecule has 4 rings (SSSR count). The van der Waals surface area contributed by atoms with Gasteiger partial charge in [0.2, 0.25) is 5.82 Å². The van der Waals surface area contributed by atoms with Crippen LogP contribution in [-0.2, 0) is 0 Å². The van der Waals surface area contributed by atoms with Gasteiger partial charge in [0.25, 0.3) is 0 Å². The van der Waals surface area contributed by atoms with Gasteiger partial charge < -0.3 is 10.2 Å². The molecule has 2 N–H and O–H groups in total. The summed E-state index contributed by atoms with van der Waals surface area (Å²) in [4.78, 5) is 8.42.